The van der Waals surface area contributed by atoms with Gasteiger partial charge in [0.1, 0.15) is 23.8 Å². The molecule has 0 heterocycles. The van der Waals surface area contributed by atoms with Gasteiger partial charge in [-0.2, -0.15) is 0 Å². The molecule has 0 aliphatic rings. The first-order valence-corrected chi connectivity index (χ1v) is 6.78. The summed E-state index contributed by atoms with van der Waals surface area (Å²) in [5.74, 6) is -0.213. The Morgan fingerprint density at radius 3 is 2.48 bits per heavy atom. The second-order valence-corrected chi connectivity index (χ2v) is 5.29. The van der Waals surface area contributed by atoms with Crippen LogP contribution in [-0.4, -0.2) is 16.8 Å². The van der Waals surface area contributed by atoms with Gasteiger partial charge in [0.25, 0.3) is 0 Å². The molecule has 0 spiro atoms. The first kappa shape index (κ1) is 15.5. The van der Waals surface area contributed by atoms with Crippen molar-refractivity contribution < 1.29 is 19.3 Å². The summed E-state index contributed by atoms with van der Waals surface area (Å²) in [6.07, 6.45) is -0.776. The van der Waals surface area contributed by atoms with Crippen LogP contribution in [0.2, 0.25) is 0 Å². The number of aliphatic hydroxyl groups is 2. The highest BCUT2D eigenvalue weighted by molar-refractivity contribution is 5.35. The fraction of sp³-hybridized carbons (Fsp3) is 0.294. The fourth-order valence-corrected chi connectivity index (χ4v) is 2.08. The zero-order valence-corrected chi connectivity index (χ0v) is 12.1. The van der Waals surface area contributed by atoms with E-state index in [-0.39, 0.29) is 12.4 Å². The predicted octanol–water partition coefficient (Wildman–Crippen LogP) is 3.17. The lowest BCUT2D eigenvalue weighted by molar-refractivity contribution is 0.00646. The summed E-state index contributed by atoms with van der Waals surface area (Å²) in [5.41, 5.74) is -0.0101. The minimum absolute atomic E-state index is 0.0415. The minimum Gasteiger partial charge on any atom is -0.490 e. The van der Waals surface area contributed by atoms with Crippen LogP contribution >= 0.6 is 0 Å². The molecule has 21 heavy (non-hydrogen) atoms. The van der Waals surface area contributed by atoms with Crippen molar-refractivity contribution in [2.75, 3.05) is 6.61 Å². The van der Waals surface area contributed by atoms with Gasteiger partial charge in [-0.25, -0.2) is 4.39 Å². The van der Waals surface area contributed by atoms with E-state index in [1.165, 1.54) is 18.2 Å². The summed E-state index contributed by atoms with van der Waals surface area (Å²) < 4.78 is 18.9. The molecule has 0 bridgehead atoms. The van der Waals surface area contributed by atoms with Crippen molar-refractivity contribution in [3.63, 3.8) is 0 Å². The third kappa shape index (κ3) is 3.80. The Morgan fingerprint density at radius 1 is 1.19 bits per heavy atom. The Morgan fingerprint density at radius 2 is 1.86 bits per heavy atom. The van der Waals surface area contributed by atoms with Gasteiger partial charge in [-0.15, -0.1) is 0 Å². The molecule has 0 aromatic heterocycles. The van der Waals surface area contributed by atoms with E-state index < -0.39 is 17.5 Å². The Labute approximate surface area is 123 Å². The number of ether oxygens (including phenoxy) is 1. The summed E-state index contributed by atoms with van der Waals surface area (Å²) in [6, 6.07) is 13.1. The van der Waals surface area contributed by atoms with Crippen LogP contribution in [0.1, 0.15) is 31.1 Å². The van der Waals surface area contributed by atoms with Gasteiger partial charge < -0.3 is 14.9 Å². The smallest absolute Gasteiger partial charge is 0.128 e. The van der Waals surface area contributed by atoms with E-state index in [9.17, 15) is 14.6 Å². The van der Waals surface area contributed by atoms with Crippen LogP contribution in [0.3, 0.4) is 0 Å². The highest BCUT2D eigenvalue weighted by atomic mass is 19.1. The zero-order chi connectivity index (χ0) is 15.5. The molecule has 4 heteroatoms. The minimum atomic E-state index is -1.20. The van der Waals surface area contributed by atoms with Gasteiger partial charge in [-0.3, -0.25) is 0 Å². The highest BCUT2D eigenvalue weighted by Crippen LogP contribution is 2.28. The maximum absolute atomic E-state index is 13.3. The largest absolute Gasteiger partial charge is 0.490 e. The van der Waals surface area contributed by atoms with Gasteiger partial charge in [0, 0.05) is 11.6 Å². The summed E-state index contributed by atoms with van der Waals surface area (Å²) in [6.45, 7) is 3.17. The molecule has 0 saturated heterocycles. The van der Waals surface area contributed by atoms with Crippen molar-refractivity contribution in [1.29, 1.82) is 0 Å². The number of rotatable bonds is 5. The molecule has 0 aliphatic carbocycles. The molecule has 2 N–H and O–H groups in total. The molecular weight excluding hydrogens is 271 g/mol. The van der Waals surface area contributed by atoms with E-state index in [0.717, 1.165) is 0 Å². The standard InChI is InChI=1S/C17H19FO3/c1-12(19)15-9-8-14(18)10-16(15)21-11-17(2,20)13-6-4-3-5-7-13/h3-10,12,19-20H,11H2,1-2H3/t12-,17?/m1/s1. The Bertz CT molecular complexity index is 594. The summed E-state index contributed by atoms with van der Waals surface area (Å²) in [7, 11) is 0. The normalized spacial score (nSPS) is 15.3. The average molecular weight is 290 g/mol. The van der Waals surface area contributed by atoms with Crippen molar-refractivity contribution in [2.24, 2.45) is 0 Å². The molecule has 0 radical (unpaired) electrons. The van der Waals surface area contributed by atoms with E-state index in [4.69, 9.17) is 4.74 Å². The van der Waals surface area contributed by atoms with Crippen LogP contribution in [0.4, 0.5) is 4.39 Å². The maximum atomic E-state index is 13.3. The molecular formula is C17H19FO3. The molecule has 3 nitrogen and oxygen atoms in total. The second kappa shape index (κ2) is 6.24. The van der Waals surface area contributed by atoms with Gasteiger partial charge in [0.2, 0.25) is 0 Å². The van der Waals surface area contributed by atoms with Gasteiger partial charge in [0.05, 0.1) is 6.10 Å². The van der Waals surface area contributed by atoms with Crippen molar-refractivity contribution in [3.8, 4) is 5.75 Å². The molecule has 112 valence electrons. The summed E-state index contributed by atoms with van der Waals surface area (Å²) >= 11 is 0. The number of hydrogen-bond donors (Lipinski definition) is 2. The Kier molecular flexibility index (Phi) is 4.60. The quantitative estimate of drug-likeness (QED) is 0.889. The van der Waals surface area contributed by atoms with Crippen LogP contribution < -0.4 is 4.74 Å². The Balaban J connectivity index is 2.18. The molecule has 2 aromatic carbocycles. The predicted molar refractivity (Wildman–Crippen MR) is 78.5 cm³/mol. The molecule has 2 atom stereocenters. The molecule has 2 aromatic rings. The van der Waals surface area contributed by atoms with Gasteiger partial charge in [0.15, 0.2) is 0 Å². The van der Waals surface area contributed by atoms with Crippen LogP contribution in [-0.2, 0) is 5.60 Å². The van der Waals surface area contributed by atoms with E-state index in [1.54, 1.807) is 26.0 Å². The number of benzene rings is 2. The maximum Gasteiger partial charge on any atom is 0.128 e. The summed E-state index contributed by atoms with van der Waals surface area (Å²) in [4.78, 5) is 0. The molecule has 0 amide bonds. The topological polar surface area (TPSA) is 49.7 Å². The van der Waals surface area contributed by atoms with E-state index in [2.05, 4.69) is 0 Å². The fourth-order valence-electron chi connectivity index (χ4n) is 2.08. The highest BCUT2D eigenvalue weighted by Gasteiger charge is 2.24. The third-order valence-electron chi connectivity index (χ3n) is 3.33. The molecule has 0 saturated carbocycles. The number of hydrogen-bond acceptors (Lipinski definition) is 3. The van der Waals surface area contributed by atoms with E-state index >= 15 is 0 Å². The lowest BCUT2D eigenvalue weighted by Crippen LogP contribution is -2.29. The van der Waals surface area contributed by atoms with Crippen molar-refractivity contribution in [3.05, 3.63) is 65.5 Å². The molecule has 0 fully saturated rings. The molecule has 2 rings (SSSR count). The zero-order valence-electron chi connectivity index (χ0n) is 12.1. The van der Waals surface area contributed by atoms with Crippen LogP contribution in [0.5, 0.6) is 5.75 Å². The van der Waals surface area contributed by atoms with Gasteiger partial charge in [-0.05, 0) is 31.5 Å². The first-order valence-electron chi connectivity index (χ1n) is 6.78. The monoisotopic (exact) mass is 290 g/mol. The van der Waals surface area contributed by atoms with Crippen molar-refractivity contribution in [1.82, 2.24) is 0 Å². The van der Waals surface area contributed by atoms with Gasteiger partial charge >= 0.3 is 0 Å². The average Bonchev–Trinajstić information content (AvgIpc) is 2.46. The third-order valence-corrected chi connectivity index (χ3v) is 3.33. The SMILES string of the molecule is C[C@@H](O)c1ccc(F)cc1OCC(C)(O)c1ccccc1. The lowest BCUT2D eigenvalue weighted by Gasteiger charge is -2.25. The molecule has 0 aliphatic heterocycles. The summed E-state index contributed by atoms with van der Waals surface area (Å²) in [5, 5.41) is 20.1. The van der Waals surface area contributed by atoms with Crippen molar-refractivity contribution in [2.45, 2.75) is 25.6 Å². The van der Waals surface area contributed by atoms with Crippen LogP contribution in [0.25, 0.3) is 0 Å². The second-order valence-electron chi connectivity index (χ2n) is 5.29. The number of aliphatic hydroxyl groups excluding tert-OH is 1. The van der Waals surface area contributed by atoms with Gasteiger partial charge in [-0.1, -0.05) is 30.3 Å². The number of halogens is 1. The van der Waals surface area contributed by atoms with E-state index in [1.807, 2.05) is 18.2 Å². The van der Waals surface area contributed by atoms with Crippen molar-refractivity contribution >= 4 is 0 Å². The first-order chi connectivity index (χ1) is 9.90. The Hall–Kier alpha value is -1.91. The molecule has 1 unspecified atom stereocenters. The van der Waals surface area contributed by atoms with E-state index in [0.29, 0.717) is 11.1 Å². The van der Waals surface area contributed by atoms with Crippen LogP contribution in [0, 0.1) is 5.82 Å². The lowest BCUT2D eigenvalue weighted by atomic mass is 9.97. The van der Waals surface area contributed by atoms with Crippen LogP contribution in [0.15, 0.2) is 48.5 Å².